The molecule has 0 saturated carbocycles. The van der Waals surface area contributed by atoms with Crippen molar-refractivity contribution in [1.82, 2.24) is 0 Å². The summed E-state index contributed by atoms with van der Waals surface area (Å²) in [6.45, 7) is 1.93. The lowest BCUT2D eigenvalue weighted by atomic mass is 10.0. The summed E-state index contributed by atoms with van der Waals surface area (Å²) in [5.74, 6) is -1.28. The Balaban J connectivity index is 2.45. The Labute approximate surface area is 113 Å². The Morgan fingerprint density at radius 2 is 2.22 bits per heavy atom. The Morgan fingerprint density at radius 1 is 1.56 bits per heavy atom. The first kappa shape index (κ1) is 12.9. The fourth-order valence-corrected chi connectivity index (χ4v) is 2.99. The lowest BCUT2D eigenvalue weighted by molar-refractivity contribution is -0.138. The van der Waals surface area contributed by atoms with Gasteiger partial charge >= 0.3 is 5.97 Å². The number of anilines is 2. The normalized spacial score (nSPS) is 18.3. The molecular weight excluding hydrogens is 300 g/mol. The van der Waals surface area contributed by atoms with Gasteiger partial charge in [0.2, 0.25) is 5.91 Å². The molecule has 1 aliphatic rings. The van der Waals surface area contributed by atoms with Crippen LogP contribution in [0, 0.1) is 6.92 Å². The van der Waals surface area contributed by atoms with E-state index >= 15 is 0 Å². The van der Waals surface area contributed by atoms with Gasteiger partial charge in [0.1, 0.15) is 6.04 Å². The maximum atomic E-state index is 11.9. The quantitative estimate of drug-likeness (QED) is 0.876. The minimum Gasteiger partial charge on any atom is -0.481 e. The molecule has 0 fully saturated rings. The topological polar surface area (TPSA) is 69.6 Å². The van der Waals surface area contributed by atoms with Crippen molar-refractivity contribution in [2.24, 2.45) is 0 Å². The van der Waals surface area contributed by atoms with Gasteiger partial charge in [0.05, 0.1) is 17.8 Å². The van der Waals surface area contributed by atoms with Crippen molar-refractivity contribution in [3.8, 4) is 0 Å². The second kappa shape index (κ2) is 4.61. The number of hydrogen-bond acceptors (Lipinski definition) is 3. The van der Waals surface area contributed by atoms with Gasteiger partial charge in [-0.15, -0.1) is 0 Å². The zero-order valence-electron chi connectivity index (χ0n) is 10.0. The minimum atomic E-state index is -0.992. The summed E-state index contributed by atoms with van der Waals surface area (Å²) in [6, 6.07) is 3.12. The highest BCUT2D eigenvalue weighted by Crippen LogP contribution is 2.39. The fraction of sp³-hybridized carbons (Fsp3) is 0.333. The van der Waals surface area contributed by atoms with E-state index < -0.39 is 12.0 Å². The number of aliphatic carboxylic acids is 1. The molecule has 0 spiro atoms. The van der Waals surface area contributed by atoms with Crippen LogP contribution >= 0.6 is 15.9 Å². The van der Waals surface area contributed by atoms with Gasteiger partial charge in [-0.3, -0.25) is 9.59 Å². The zero-order chi connectivity index (χ0) is 13.4. The minimum absolute atomic E-state index is 0.220. The van der Waals surface area contributed by atoms with Crippen LogP contribution < -0.4 is 10.2 Å². The van der Waals surface area contributed by atoms with E-state index in [0.717, 1.165) is 15.7 Å². The number of rotatable bonds is 2. The smallest absolute Gasteiger partial charge is 0.305 e. The molecule has 6 heteroatoms. The molecule has 1 aromatic carbocycles. The van der Waals surface area contributed by atoms with Gasteiger partial charge in [0.25, 0.3) is 0 Å². The number of fused-ring (bicyclic) bond motifs is 1. The molecule has 18 heavy (non-hydrogen) atoms. The number of hydrogen-bond donors (Lipinski definition) is 2. The molecule has 0 aromatic heterocycles. The number of carboxylic acid groups (broad SMARTS) is 1. The molecule has 1 amide bonds. The lowest BCUT2D eigenvalue weighted by Gasteiger charge is -2.35. The van der Waals surface area contributed by atoms with Crippen LogP contribution in [0.25, 0.3) is 0 Å². The van der Waals surface area contributed by atoms with Crippen molar-refractivity contribution in [3.05, 3.63) is 22.2 Å². The lowest BCUT2D eigenvalue weighted by Crippen LogP contribution is -2.47. The molecule has 2 N–H and O–H groups in total. The van der Waals surface area contributed by atoms with Crippen LogP contribution in [0.2, 0.25) is 0 Å². The number of likely N-dealkylation sites (N-methyl/N-ethyl adjacent to an activating group) is 1. The van der Waals surface area contributed by atoms with Crippen LogP contribution in [-0.2, 0) is 9.59 Å². The molecule has 2 rings (SSSR count). The highest BCUT2D eigenvalue weighted by molar-refractivity contribution is 9.10. The molecule has 0 saturated heterocycles. The van der Waals surface area contributed by atoms with Gasteiger partial charge in [-0.05, 0) is 40.5 Å². The average molecular weight is 313 g/mol. The summed E-state index contributed by atoms with van der Waals surface area (Å²) < 4.78 is 0.843. The second-order valence-electron chi connectivity index (χ2n) is 4.36. The molecule has 5 nitrogen and oxygen atoms in total. The monoisotopic (exact) mass is 312 g/mol. The predicted molar refractivity (Wildman–Crippen MR) is 72.0 cm³/mol. The Bertz CT molecular complexity index is 530. The molecule has 1 unspecified atom stereocenters. The van der Waals surface area contributed by atoms with Crippen LogP contribution in [0.15, 0.2) is 16.6 Å². The first-order valence-electron chi connectivity index (χ1n) is 5.46. The summed E-state index contributed by atoms with van der Waals surface area (Å²) >= 11 is 3.45. The number of amides is 1. The number of carbonyl (C=O) groups is 2. The molecule has 1 heterocycles. The van der Waals surface area contributed by atoms with Crippen molar-refractivity contribution >= 4 is 39.2 Å². The van der Waals surface area contributed by atoms with Gasteiger partial charge in [-0.2, -0.15) is 0 Å². The number of nitrogens with one attached hydrogen (secondary N) is 1. The number of aryl methyl sites for hydroxylation is 1. The third-order valence-corrected chi connectivity index (χ3v) is 3.56. The van der Waals surface area contributed by atoms with Crippen LogP contribution in [-0.4, -0.2) is 30.1 Å². The SMILES string of the molecule is Cc1cc(Br)c2c(c1)NC(=O)C(CC(=O)O)N2C. The van der Waals surface area contributed by atoms with Crippen molar-refractivity contribution in [3.63, 3.8) is 0 Å². The van der Waals surface area contributed by atoms with Crippen LogP contribution in [0.1, 0.15) is 12.0 Å². The van der Waals surface area contributed by atoms with E-state index in [4.69, 9.17) is 5.11 Å². The first-order chi connectivity index (χ1) is 8.40. The average Bonchev–Trinajstić information content (AvgIpc) is 2.22. The first-order valence-corrected chi connectivity index (χ1v) is 6.25. The maximum absolute atomic E-state index is 11.9. The second-order valence-corrected chi connectivity index (χ2v) is 5.21. The number of carbonyl (C=O) groups excluding carboxylic acids is 1. The molecule has 0 aliphatic carbocycles. The molecule has 1 aliphatic heterocycles. The number of nitrogens with zero attached hydrogens (tertiary/aromatic N) is 1. The zero-order valence-corrected chi connectivity index (χ0v) is 11.6. The van der Waals surface area contributed by atoms with Gasteiger partial charge in [0.15, 0.2) is 0 Å². The van der Waals surface area contributed by atoms with E-state index in [1.54, 1.807) is 11.9 Å². The van der Waals surface area contributed by atoms with Crippen LogP contribution in [0.3, 0.4) is 0 Å². The molecular formula is C12H13BrN2O3. The highest BCUT2D eigenvalue weighted by atomic mass is 79.9. The third kappa shape index (κ3) is 2.20. The number of halogens is 1. The van der Waals surface area contributed by atoms with Crippen molar-refractivity contribution in [1.29, 1.82) is 0 Å². The molecule has 1 aromatic rings. The molecule has 1 atom stereocenters. The molecule has 0 radical (unpaired) electrons. The van der Waals surface area contributed by atoms with E-state index in [2.05, 4.69) is 21.2 Å². The summed E-state index contributed by atoms with van der Waals surface area (Å²) in [4.78, 5) is 24.4. The summed E-state index contributed by atoms with van der Waals surface area (Å²) in [6.07, 6.45) is -0.220. The summed E-state index contributed by atoms with van der Waals surface area (Å²) in [5, 5.41) is 11.6. The van der Waals surface area contributed by atoms with Gasteiger partial charge in [-0.1, -0.05) is 0 Å². The molecule has 96 valence electrons. The summed E-state index contributed by atoms with van der Waals surface area (Å²) in [5.41, 5.74) is 2.54. The standard InChI is InChI=1S/C12H13BrN2O3/c1-6-3-7(13)11-8(4-6)14-12(18)9(15(11)2)5-10(16)17/h3-4,9H,5H2,1-2H3,(H,14,18)(H,16,17). The van der Waals surface area contributed by atoms with Crippen molar-refractivity contribution < 1.29 is 14.7 Å². The van der Waals surface area contributed by atoms with Gasteiger partial charge < -0.3 is 15.3 Å². The Morgan fingerprint density at radius 3 is 2.83 bits per heavy atom. The largest absolute Gasteiger partial charge is 0.481 e. The van der Waals surface area contributed by atoms with E-state index in [1.807, 2.05) is 19.1 Å². The predicted octanol–water partition coefficient (Wildman–Crippen LogP) is 1.99. The Kier molecular flexibility index (Phi) is 3.30. The van der Waals surface area contributed by atoms with E-state index in [-0.39, 0.29) is 12.3 Å². The van der Waals surface area contributed by atoms with Crippen LogP contribution in [0.4, 0.5) is 11.4 Å². The maximum Gasteiger partial charge on any atom is 0.305 e. The highest BCUT2D eigenvalue weighted by Gasteiger charge is 2.33. The van der Waals surface area contributed by atoms with Gasteiger partial charge in [0, 0.05) is 11.5 Å². The molecule has 0 bridgehead atoms. The van der Waals surface area contributed by atoms with Gasteiger partial charge in [-0.25, -0.2) is 0 Å². The third-order valence-electron chi connectivity index (χ3n) is 2.96. The number of carboxylic acids is 1. The van der Waals surface area contributed by atoms with E-state index in [0.29, 0.717) is 5.69 Å². The van der Waals surface area contributed by atoms with E-state index in [1.165, 1.54) is 0 Å². The fourth-order valence-electron chi connectivity index (χ4n) is 2.13. The number of benzene rings is 1. The Hall–Kier alpha value is -1.56. The van der Waals surface area contributed by atoms with Crippen molar-refractivity contribution in [2.75, 3.05) is 17.3 Å². The van der Waals surface area contributed by atoms with Crippen LogP contribution in [0.5, 0.6) is 0 Å². The summed E-state index contributed by atoms with van der Waals surface area (Å²) in [7, 11) is 1.73. The van der Waals surface area contributed by atoms with E-state index in [9.17, 15) is 9.59 Å². The van der Waals surface area contributed by atoms with Crippen molar-refractivity contribution in [2.45, 2.75) is 19.4 Å².